The van der Waals surface area contributed by atoms with Gasteiger partial charge in [0.15, 0.2) is 0 Å². The molecule has 0 bridgehead atoms. The van der Waals surface area contributed by atoms with Gasteiger partial charge in [-0.25, -0.2) is 4.39 Å². The molecule has 0 unspecified atom stereocenters. The van der Waals surface area contributed by atoms with Gasteiger partial charge in [-0.3, -0.25) is 9.69 Å². The zero-order valence-electron chi connectivity index (χ0n) is 15.9. The number of nitrogens with zero attached hydrogens (tertiary/aromatic N) is 4. The number of hydrogen-bond donors (Lipinski definition) is 0. The van der Waals surface area contributed by atoms with E-state index in [4.69, 9.17) is 0 Å². The Morgan fingerprint density at radius 1 is 1.07 bits per heavy atom. The summed E-state index contributed by atoms with van der Waals surface area (Å²) in [6, 6.07) is 11.2. The number of rotatable bonds is 4. The van der Waals surface area contributed by atoms with Gasteiger partial charge in [0, 0.05) is 50.8 Å². The standard InChI is InChI=1S/C21H27FN4O/c1-23-10-2-4-19(23)20-5-3-11-26(20)16-21(27)25-14-12-24(13-15-25)18-8-6-17(22)7-9-18/h2,4,6-10,20H,3,5,11-16H2,1H3/t20-/m0/s1. The van der Waals surface area contributed by atoms with Crippen molar-refractivity contribution in [3.8, 4) is 0 Å². The number of amides is 1. The minimum Gasteiger partial charge on any atom is -0.368 e. The Morgan fingerprint density at radius 2 is 1.81 bits per heavy atom. The first-order chi connectivity index (χ1) is 13.1. The van der Waals surface area contributed by atoms with Crippen LogP contribution in [-0.4, -0.2) is 59.5 Å². The van der Waals surface area contributed by atoms with Crippen LogP contribution < -0.4 is 4.90 Å². The van der Waals surface area contributed by atoms with Crippen molar-refractivity contribution in [3.05, 3.63) is 54.1 Å². The molecule has 3 heterocycles. The maximum Gasteiger partial charge on any atom is 0.236 e. The van der Waals surface area contributed by atoms with E-state index in [2.05, 4.69) is 39.7 Å². The Hall–Kier alpha value is -2.34. The average Bonchev–Trinajstić information content (AvgIpc) is 3.31. The molecule has 0 N–H and O–H groups in total. The summed E-state index contributed by atoms with van der Waals surface area (Å²) in [5, 5.41) is 0. The Bertz CT molecular complexity index is 780. The van der Waals surface area contributed by atoms with E-state index in [0.29, 0.717) is 12.6 Å². The van der Waals surface area contributed by atoms with E-state index in [1.165, 1.54) is 17.8 Å². The Balaban J connectivity index is 1.33. The minimum absolute atomic E-state index is 0.217. The van der Waals surface area contributed by atoms with Crippen molar-refractivity contribution in [2.75, 3.05) is 44.2 Å². The number of halogens is 1. The van der Waals surface area contributed by atoms with Gasteiger partial charge >= 0.3 is 0 Å². The summed E-state index contributed by atoms with van der Waals surface area (Å²) in [6.07, 6.45) is 4.33. The lowest BCUT2D eigenvalue weighted by molar-refractivity contribution is -0.133. The van der Waals surface area contributed by atoms with Crippen molar-refractivity contribution in [3.63, 3.8) is 0 Å². The highest BCUT2D eigenvalue weighted by Gasteiger charge is 2.31. The molecule has 0 saturated carbocycles. The third kappa shape index (κ3) is 3.86. The highest BCUT2D eigenvalue weighted by atomic mass is 19.1. The molecule has 2 saturated heterocycles. The highest BCUT2D eigenvalue weighted by Crippen LogP contribution is 2.31. The summed E-state index contributed by atoms with van der Waals surface area (Å²) in [7, 11) is 2.07. The zero-order valence-corrected chi connectivity index (χ0v) is 15.9. The van der Waals surface area contributed by atoms with Crippen LogP contribution in [0.5, 0.6) is 0 Å². The first-order valence-electron chi connectivity index (χ1n) is 9.75. The number of likely N-dealkylation sites (tertiary alicyclic amines) is 1. The smallest absolute Gasteiger partial charge is 0.236 e. The molecule has 0 aliphatic carbocycles. The number of carbonyl (C=O) groups is 1. The Labute approximate surface area is 160 Å². The van der Waals surface area contributed by atoms with E-state index >= 15 is 0 Å². The van der Waals surface area contributed by atoms with Crippen molar-refractivity contribution in [1.29, 1.82) is 0 Å². The first kappa shape index (κ1) is 18.0. The Morgan fingerprint density at radius 3 is 2.48 bits per heavy atom. The summed E-state index contributed by atoms with van der Waals surface area (Å²) in [5.41, 5.74) is 2.31. The van der Waals surface area contributed by atoms with E-state index in [9.17, 15) is 9.18 Å². The predicted molar refractivity (Wildman–Crippen MR) is 104 cm³/mol. The molecule has 4 rings (SSSR count). The van der Waals surface area contributed by atoms with Gasteiger partial charge in [-0.15, -0.1) is 0 Å². The summed E-state index contributed by atoms with van der Waals surface area (Å²) in [4.78, 5) is 19.4. The predicted octanol–water partition coefficient (Wildman–Crippen LogP) is 2.65. The monoisotopic (exact) mass is 370 g/mol. The maximum atomic E-state index is 13.1. The highest BCUT2D eigenvalue weighted by molar-refractivity contribution is 5.78. The Kier molecular flexibility index (Phi) is 5.16. The summed E-state index contributed by atoms with van der Waals surface area (Å²) < 4.78 is 15.3. The van der Waals surface area contributed by atoms with Gasteiger partial charge < -0.3 is 14.4 Å². The maximum absolute atomic E-state index is 13.1. The molecule has 2 fully saturated rings. The van der Waals surface area contributed by atoms with Gasteiger partial charge in [-0.05, 0) is 55.8 Å². The van der Waals surface area contributed by atoms with Crippen molar-refractivity contribution < 1.29 is 9.18 Å². The van der Waals surface area contributed by atoms with Crippen molar-refractivity contribution in [2.24, 2.45) is 7.05 Å². The van der Waals surface area contributed by atoms with Crippen molar-refractivity contribution in [2.45, 2.75) is 18.9 Å². The lowest BCUT2D eigenvalue weighted by Gasteiger charge is -2.37. The van der Waals surface area contributed by atoms with Crippen molar-refractivity contribution >= 4 is 11.6 Å². The number of piperazine rings is 1. The fraction of sp³-hybridized carbons (Fsp3) is 0.476. The molecule has 1 aromatic heterocycles. The molecule has 27 heavy (non-hydrogen) atoms. The molecule has 1 atom stereocenters. The van der Waals surface area contributed by atoms with Crippen LogP contribution in [0.3, 0.4) is 0 Å². The van der Waals surface area contributed by atoms with Crippen molar-refractivity contribution in [1.82, 2.24) is 14.4 Å². The van der Waals surface area contributed by atoms with Gasteiger partial charge in [0.1, 0.15) is 5.82 Å². The van der Waals surface area contributed by atoms with Gasteiger partial charge in [0.05, 0.1) is 12.6 Å². The lowest BCUT2D eigenvalue weighted by Crippen LogP contribution is -2.51. The fourth-order valence-corrected chi connectivity index (χ4v) is 4.31. The molecule has 2 aliphatic rings. The molecule has 0 radical (unpaired) electrons. The molecule has 144 valence electrons. The first-order valence-corrected chi connectivity index (χ1v) is 9.75. The largest absolute Gasteiger partial charge is 0.368 e. The number of aryl methyl sites for hydroxylation is 1. The second-order valence-electron chi connectivity index (χ2n) is 7.52. The van der Waals surface area contributed by atoms with Crippen LogP contribution in [0.1, 0.15) is 24.6 Å². The van der Waals surface area contributed by atoms with Crippen LogP contribution in [0.25, 0.3) is 0 Å². The second kappa shape index (κ2) is 7.72. The number of hydrogen-bond acceptors (Lipinski definition) is 3. The SMILES string of the molecule is Cn1cccc1[C@@H]1CCCN1CC(=O)N1CCN(c2ccc(F)cc2)CC1. The molecular formula is C21H27FN4O. The quantitative estimate of drug-likeness (QED) is 0.829. The van der Waals surface area contributed by atoms with Gasteiger partial charge in [0.2, 0.25) is 5.91 Å². The third-order valence-corrected chi connectivity index (χ3v) is 5.85. The molecule has 1 aromatic carbocycles. The van der Waals surface area contributed by atoms with Crippen LogP contribution in [0.15, 0.2) is 42.6 Å². The van der Waals surface area contributed by atoms with Crippen LogP contribution >= 0.6 is 0 Å². The summed E-state index contributed by atoms with van der Waals surface area (Å²) >= 11 is 0. The zero-order chi connectivity index (χ0) is 18.8. The van der Waals surface area contributed by atoms with Gasteiger partial charge in [-0.1, -0.05) is 0 Å². The second-order valence-corrected chi connectivity index (χ2v) is 7.52. The molecule has 2 aromatic rings. The number of aromatic nitrogens is 1. The van der Waals surface area contributed by atoms with Crippen LogP contribution in [0, 0.1) is 5.82 Å². The van der Waals surface area contributed by atoms with E-state index in [1.54, 1.807) is 0 Å². The van der Waals surface area contributed by atoms with Crippen LogP contribution in [0.4, 0.5) is 10.1 Å². The number of carbonyl (C=O) groups excluding carboxylic acids is 1. The molecule has 6 heteroatoms. The number of benzene rings is 1. The van der Waals surface area contributed by atoms with E-state index in [-0.39, 0.29) is 11.7 Å². The van der Waals surface area contributed by atoms with Gasteiger partial charge in [-0.2, -0.15) is 0 Å². The molecule has 2 aliphatic heterocycles. The topological polar surface area (TPSA) is 31.7 Å². The molecule has 0 spiro atoms. The van der Waals surface area contributed by atoms with Crippen LogP contribution in [-0.2, 0) is 11.8 Å². The van der Waals surface area contributed by atoms with Crippen LogP contribution in [0.2, 0.25) is 0 Å². The average molecular weight is 370 g/mol. The third-order valence-electron chi connectivity index (χ3n) is 5.85. The molecular weight excluding hydrogens is 343 g/mol. The lowest BCUT2D eigenvalue weighted by atomic mass is 10.1. The normalized spacial score (nSPS) is 21.0. The minimum atomic E-state index is -0.217. The summed E-state index contributed by atoms with van der Waals surface area (Å²) in [6.45, 7) is 4.50. The van der Waals surface area contributed by atoms with E-state index in [0.717, 1.165) is 51.3 Å². The summed E-state index contributed by atoms with van der Waals surface area (Å²) in [5.74, 6) is 0.000758. The van der Waals surface area contributed by atoms with Gasteiger partial charge in [0.25, 0.3) is 0 Å². The fourth-order valence-electron chi connectivity index (χ4n) is 4.31. The van der Waals surface area contributed by atoms with E-state index < -0.39 is 0 Å². The van der Waals surface area contributed by atoms with E-state index in [1.807, 2.05) is 17.0 Å². The molecule has 1 amide bonds. The molecule has 5 nitrogen and oxygen atoms in total. The number of anilines is 1.